The number of anilines is 1. The number of aliphatic hydroxyl groups excluding tert-OH is 1. The Morgan fingerprint density at radius 1 is 1.25 bits per heavy atom. The quantitative estimate of drug-likeness (QED) is 0.802. The monoisotopic (exact) mass is 314 g/mol. The summed E-state index contributed by atoms with van der Waals surface area (Å²) in [6, 6.07) is 6.76. The van der Waals surface area contributed by atoms with Crippen LogP contribution >= 0.6 is 11.6 Å². The zero-order valence-electron chi connectivity index (χ0n) is 10.7. The Hall–Kier alpha value is -1.37. The van der Waals surface area contributed by atoms with Crippen LogP contribution in [0.5, 0.6) is 0 Å². The molecule has 1 aromatic carbocycles. The minimum absolute atomic E-state index is 0.0129. The topological polar surface area (TPSA) is 79.3 Å². The number of aliphatic hydroxyl groups is 1. The lowest BCUT2D eigenvalue weighted by Crippen LogP contribution is -2.17. The van der Waals surface area contributed by atoms with Gasteiger partial charge < -0.3 is 5.11 Å². The fourth-order valence-electron chi connectivity index (χ4n) is 1.84. The number of nitrogens with one attached hydrogen (secondary N) is 1. The molecular formula is C13H15ClN2O3S. The van der Waals surface area contributed by atoms with E-state index in [1.165, 1.54) is 0 Å². The third-order valence-corrected chi connectivity index (χ3v) is 4.49. The summed E-state index contributed by atoms with van der Waals surface area (Å²) in [6.07, 6.45) is 2.45. The van der Waals surface area contributed by atoms with Gasteiger partial charge in [0.2, 0.25) is 10.0 Å². The Bertz CT molecular complexity index is 704. The van der Waals surface area contributed by atoms with Crippen molar-refractivity contribution in [1.82, 2.24) is 4.98 Å². The van der Waals surface area contributed by atoms with Gasteiger partial charge in [0.05, 0.1) is 22.0 Å². The van der Waals surface area contributed by atoms with Crippen LogP contribution in [-0.4, -0.2) is 30.9 Å². The Morgan fingerprint density at radius 2 is 2.05 bits per heavy atom. The highest BCUT2D eigenvalue weighted by atomic mass is 35.5. The van der Waals surface area contributed by atoms with E-state index in [0.29, 0.717) is 34.5 Å². The Balaban J connectivity index is 2.28. The molecule has 0 saturated heterocycles. The second-order valence-electron chi connectivity index (χ2n) is 4.35. The van der Waals surface area contributed by atoms with Crippen molar-refractivity contribution in [2.45, 2.75) is 12.8 Å². The van der Waals surface area contributed by atoms with Crippen LogP contribution in [0.2, 0.25) is 5.02 Å². The molecule has 0 radical (unpaired) electrons. The number of halogens is 1. The predicted octanol–water partition coefficient (Wildman–Crippen LogP) is 2.40. The molecular weight excluding hydrogens is 300 g/mol. The summed E-state index contributed by atoms with van der Waals surface area (Å²) >= 11 is 6.06. The van der Waals surface area contributed by atoms with Crippen LogP contribution in [0.4, 0.5) is 5.69 Å². The smallest absolute Gasteiger partial charge is 0.232 e. The van der Waals surface area contributed by atoms with Gasteiger partial charge >= 0.3 is 0 Å². The lowest BCUT2D eigenvalue weighted by molar-refractivity contribution is 0.287. The first-order valence-corrected chi connectivity index (χ1v) is 8.21. The minimum atomic E-state index is -3.46. The van der Waals surface area contributed by atoms with Gasteiger partial charge in [-0.25, -0.2) is 8.42 Å². The molecule has 0 atom stereocenters. The first-order chi connectivity index (χ1) is 9.53. The van der Waals surface area contributed by atoms with Crippen molar-refractivity contribution in [3.05, 3.63) is 35.5 Å². The SMILES string of the molecule is O=S(=O)(CCCCO)Nc1ccc(Cl)c2cccnc12. The minimum Gasteiger partial charge on any atom is -0.396 e. The summed E-state index contributed by atoms with van der Waals surface area (Å²) in [6.45, 7) is -0.0129. The average molecular weight is 315 g/mol. The molecule has 2 N–H and O–H groups in total. The number of rotatable bonds is 6. The van der Waals surface area contributed by atoms with Crippen molar-refractivity contribution >= 4 is 38.2 Å². The number of nitrogens with zero attached hydrogens (tertiary/aromatic N) is 1. The van der Waals surface area contributed by atoms with Crippen molar-refractivity contribution in [3.8, 4) is 0 Å². The van der Waals surface area contributed by atoms with Crippen LogP contribution in [0.1, 0.15) is 12.8 Å². The van der Waals surface area contributed by atoms with Gasteiger partial charge in [0.15, 0.2) is 0 Å². The van der Waals surface area contributed by atoms with Gasteiger partial charge in [-0.15, -0.1) is 0 Å². The van der Waals surface area contributed by atoms with E-state index in [-0.39, 0.29) is 12.4 Å². The molecule has 1 aromatic heterocycles. The molecule has 20 heavy (non-hydrogen) atoms. The number of aromatic nitrogens is 1. The number of fused-ring (bicyclic) bond motifs is 1. The Kier molecular flexibility index (Phi) is 4.80. The van der Waals surface area contributed by atoms with E-state index in [1.54, 1.807) is 30.5 Å². The van der Waals surface area contributed by atoms with Crippen LogP contribution in [0.25, 0.3) is 10.9 Å². The van der Waals surface area contributed by atoms with Gasteiger partial charge in [-0.2, -0.15) is 0 Å². The zero-order valence-corrected chi connectivity index (χ0v) is 12.3. The lowest BCUT2D eigenvalue weighted by atomic mass is 10.2. The number of benzene rings is 1. The van der Waals surface area contributed by atoms with Gasteiger partial charge in [-0.1, -0.05) is 11.6 Å². The highest BCUT2D eigenvalue weighted by molar-refractivity contribution is 7.92. The van der Waals surface area contributed by atoms with E-state index in [2.05, 4.69) is 9.71 Å². The third kappa shape index (κ3) is 3.59. The molecule has 0 aliphatic carbocycles. The highest BCUT2D eigenvalue weighted by Gasteiger charge is 2.13. The van der Waals surface area contributed by atoms with Crippen LogP contribution < -0.4 is 4.72 Å². The first kappa shape index (κ1) is 15.0. The van der Waals surface area contributed by atoms with Gasteiger partial charge in [-0.3, -0.25) is 9.71 Å². The predicted molar refractivity (Wildman–Crippen MR) is 80.5 cm³/mol. The lowest BCUT2D eigenvalue weighted by Gasteiger charge is -2.10. The average Bonchev–Trinajstić information content (AvgIpc) is 2.42. The molecule has 7 heteroatoms. The molecule has 0 aliphatic rings. The van der Waals surface area contributed by atoms with Crippen LogP contribution in [0, 0.1) is 0 Å². The molecule has 2 rings (SSSR count). The van der Waals surface area contributed by atoms with Gasteiger partial charge in [0, 0.05) is 18.2 Å². The van der Waals surface area contributed by atoms with Gasteiger partial charge in [0.25, 0.3) is 0 Å². The molecule has 0 saturated carbocycles. The zero-order chi connectivity index (χ0) is 14.6. The largest absolute Gasteiger partial charge is 0.396 e. The fraction of sp³-hybridized carbons (Fsp3) is 0.308. The Labute approximate surface area is 122 Å². The molecule has 0 aliphatic heterocycles. The van der Waals surface area contributed by atoms with Crippen LogP contribution in [-0.2, 0) is 10.0 Å². The van der Waals surface area contributed by atoms with Crippen molar-refractivity contribution in [2.24, 2.45) is 0 Å². The molecule has 0 unspecified atom stereocenters. The van der Waals surface area contributed by atoms with Crippen molar-refractivity contribution in [3.63, 3.8) is 0 Å². The summed E-state index contributed by atoms with van der Waals surface area (Å²) in [4.78, 5) is 4.17. The Morgan fingerprint density at radius 3 is 2.80 bits per heavy atom. The molecule has 0 amide bonds. The van der Waals surface area contributed by atoms with Gasteiger partial charge in [0.1, 0.15) is 0 Å². The second kappa shape index (κ2) is 6.39. The maximum atomic E-state index is 11.9. The number of sulfonamides is 1. The summed E-state index contributed by atoms with van der Waals surface area (Å²) in [7, 11) is -3.46. The molecule has 5 nitrogen and oxygen atoms in total. The summed E-state index contributed by atoms with van der Waals surface area (Å²) in [5.74, 6) is -0.0372. The molecule has 0 fully saturated rings. The number of hydrogen-bond donors (Lipinski definition) is 2. The highest BCUT2D eigenvalue weighted by Crippen LogP contribution is 2.28. The van der Waals surface area contributed by atoms with E-state index in [1.807, 2.05) is 0 Å². The van der Waals surface area contributed by atoms with Crippen molar-refractivity contribution in [2.75, 3.05) is 17.1 Å². The summed E-state index contributed by atoms with van der Waals surface area (Å²) in [5.41, 5.74) is 0.930. The summed E-state index contributed by atoms with van der Waals surface area (Å²) in [5, 5.41) is 9.91. The first-order valence-electron chi connectivity index (χ1n) is 6.18. The summed E-state index contributed by atoms with van der Waals surface area (Å²) < 4.78 is 26.4. The van der Waals surface area contributed by atoms with Crippen LogP contribution in [0.15, 0.2) is 30.5 Å². The van der Waals surface area contributed by atoms with Crippen molar-refractivity contribution < 1.29 is 13.5 Å². The molecule has 0 bridgehead atoms. The maximum absolute atomic E-state index is 11.9. The third-order valence-electron chi connectivity index (χ3n) is 2.80. The van der Waals surface area contributed by atoms with E-state index in [4.69, 9.17) is 16.7 Å². The van der Waals surface area contributed by atoms with Gasteiger partial charge in [-0.05, 0) is 37.1 Å². The van der Waals surface area contributed by atoms with Crippen LogP contribution in [0.3, 0.4) is 0 Å². The fourth-order valence-corrected chi connectivity index (χ4v) is 3.24. The second-order valence-corrected chi connectivity index (χ2v) is 6.60. The number of unbranched alkanes of at least 4 members (excludes halogenated alkanes) is 1. The molecule has 108 valence electrons. The van der Waals surface area contributed by atoms with E-state index >= 15 is 0 Å². The molecule has 1 heterocycles. The molecule has 2 aromatic rings. The molecule has 0 spiro atoms. The maximum Gasteiger partial charge on any atom is 0.232 e. The normalized spacial score (nSPS) is 11.7. The van der Waals surface area contributed by atoms with E-state index in [0.717, 1.165) is 0 Å². The van der Waals surface area contributed by atoms with Crippen molar-refractivity contribution in [1.29, 1.82) is 0 Å². The standard InChI is InChI=1S/C13H15ClN2O3S/c14-11-5-6-12(13-10(11)4-3-7-15-13)16-20(18,19)9-2-1-8-17/h3-7,16-17H,1-2,8-9H2. The van der Waals surface area contributed by atoms with E-state index in [9.17, 15) is 8.42 Å². The number of hydrogen-bond acceptors (Lipinski definition) is 4. The van der Waals surface area contributed by atoms with E-state index < -0.39 is 10.0 Å². The number of pyridine rings is 1.